The molecule has 2 heterocycles. The highest BCUT2D eigenvalue weighted by Crippen LogP contribution is 2.34. The second-order valence-corrected chi connectivity index (χ2v) is 22.3. The number of methoxy groups -OCH3 is 4. The maximum atomic E-state index is 6.88. The van der Waals surface area contributed by atoms with E-state index in [0.717, 1.165) is 50.1 Å². The topological polar surface area (TPSA) is 192 Å². The Morgan fingerprint density at radius 2 is 0.505 bits per heavy atom. The summed E-state index contributed by atoms with van der Waals surface area (Å²) in [6.45, 7) is 20.4. The summed E-state index contributed by atoms with van der Waals surface area (Å²) >= 11 is 0. The summed E-state index contributed by atoms with van der Waals surface area (Å²) in [5, 5.41) is 0. The van der Waals surface area contributed by atoms with E-state index in [-0.39, 0.29) is 42.2 Å². The Labute approximate surface area is 542 Å². The molecule has 3 aromatic carbocycles. The number of hydrogen-bond donors (Lipinski definition) is 0. The van der Waals surface area contributed by atoms with Crippen LogP contribution in [0.3, 0.4) is 0 Å². The van der Waals surface area contributed by atoms with E-state index in [4.69, 9.17) is 85.3 Å². The average Bonchev–Trinajstić information content (AvgIpc) is 2.06. The fourth-order valence-electron chi connectivity index (χ4n) is 9.14. The molecule has 0 saturated carbocycles. The summed E-state index contributed by atoms with van der Waals surface area (Å²) in [5.74, 6) is -0.504. The molecular formula is C71H106N2O18. The zero-order chi connectivity index (χ0) is 64.6. The number of benzene rings is 3. The molecule has 4 atom stereocenters. The molecule has 0 aliphatic rings. The predicted molar refractivity (Wildman–Crippen MR) is 351 cm³/mol. The zero-order valence-electron chi connectivity index (χ0n) is 55.6. The van der Waals surface area contributed by atoms with Crippen LogP contribution in [0.5, 0.6) is 0 Å². The molecule has 2 aromatic heterocycles. The van der Waals surface area contributed by atoms with Crippen molar-refractivity contribution in [2.75, 3.05) is 213 Å². The lowest BCUT2D eigenvalue weighted by molar-refractivity contribution is -0.0823. The Bertz CT molecular complexity index is 2280. The first-order valence-corrected chi connectivity index (χ1v) is 32.1. The van der Waals surface area contributed by atoms with Crippen LogP contribution in [-0.2, 0) is 85.3 Å². The highest BCUT2D eigenvalue weighted by atomic mass is 16.6. The van der Waals surface area contributed by atoms with E-state index in [0.29, 0.717) is 185 Å². The fourth-order valence-corrected chi connectivity index (χ4v) is 9.14. The van der Waals surface area contributed by atoms with Crippen LogP contribution < -0.4 is 0 Å². The van der Waals surface area contributed by atoms with Gasteiger partial charge >= 0.3 is 0 Å². The van der Waals surface area contributed by atoms with Gasteiger partial charge in [0.2, 0.25) is 0 Å². The predicted octanol–water partition coefficient (Wildman–Crippen LogP) is 9.83. The molecule has 0 aliphatic heterocycles. The van der Waals surface area contributed by atoms with Gasteiger partial charge in [0.15, 0.2) is 0 Å². The summed E-state index contributed by atoms with van der Waals surface area (Å²) in [7, 11) is 6.61. The molecule has 508 valence electrons. The molecular weight excluding hydrogens is 1170 g/mol. The Balaban J connectivity index is 1.42. The first kappa shape index (κ1) is 76.9. The standard InChI is InChI=1S/C71H106N2O18/c1-56(44-82-37-33-78-29-25-74-5)88-50-60(51-89-57(2)45-83-38-34-79-30-26-75-6)48-86-54-71(55-87-49-61(52-90-58(3)46-84-39-35-80-31-27-76-7)53-91-59(4)47-85-40-36-81-32-28-77-8)70-42-68(64-13-9-62(10-14-64)66-17-21-72-22-18-66)41-69(43-70)65-15-11-63(12-16-65)67-19-23-73-24-20-67/h9-24,41-43,56-61,71H,25-40,44-55H2,1-8H3/t56-,57-,58-,59-/m0/s1. The average molecular weight is 1280 g/mol. The third-order valence-corrected chi connectivity index (χ3v) is 14.3. The first-order valence-electron chi connectivity index (χ1n) is 32.1. The molecule has 0 amide bonds. The largest absolute Gasteiger partial charge is 0.382 e. The lowest BCUT2D eigenvalue weighted by Crippen LogP contribution is -2.30. The maximum absolute atomic E-state index is 6.88. The molecule has 0 unspecified atom stereocenters. The number of pyridine rings is 2. The van der Waals surface area contributed by atoms with E-state index in [9.17, 15) is 0 Å². The molecule has 5 rings (SSSR count). The van der Waals surface area contributed by atoms with Crippen LogP contribution in [0, 0.1) is 11.8 Å². The van der Waals surface area contributed by atoms with Crippen molar-refractivity contribution in [2.45, 2.75) is 58.0 Å². The monoisotopic (exact) mass is 1270 g/mol. The van der Waals surface area contributed by atoms with Crippen molar-refractivity contribution in [1.29, 1.82) is 0 Å². The van der Waals surface area contributed by atoms with Crippen LogP contribution in [0.2, 0.25) is 0 Å². The van der Waals surface area contributed by atoms with Crippen LogP contribution >= 0.6 is 0 Å². The van der Waals surface area contributed by atoms with Crippen molar-refractivity contribution >= 4 is 0 Å². The van der Waals surface area contributed by atoms with Gasteiger partial charge in [0.25, 0.3) is 0 Å². The van der Waals surface area contributed by atoms with Gasteiger partial charge in [0.05, 0.1) is 209 Å². The third kappa shape index (κ3) is 34.3. The lowest BCUT2D eigenvalue weighted by atomic mass is 9.90. The molecule has 20 heteroatoms. The number of rotatable bonds is 57. The van der Waals surface area contributed by atoms with E-state index < -0.39 is 0 Å². The minimum atomic E-state index is -0.232. The summed E-state index contributed by atoms with van der Waals surface area (Å²) in [6.07, 6.45) is 6.50. The third-order valence-electron chi connectivity index (χ3n) is 14.3. The van der Waals surface area contributed by atoms with E-state index >= 15 is 0 Å². The summed E-state index contributed by atoms with van der Waals surface area (Å²) in [4.78, 5) is 8.48. The molecule has 0 N–H and O–H groups in total. The van der Waals surface area contributed by atoms with Gasteiger partial charge in [0, 0.05) is 71.0 Å². The summed E-state index contributed by atoms with van der Waals surface area (Å²) in [5.41, 5.74) is 9.70. The Kier molecular flexibility index (Phi) is 42.1. The second kappa shape index (κ2) is 49.8. The van der Waals surface area contributed by atoms with Crippen LogP contribution in [0.1, 0.15) is 39.2 Å². The Morgan fingerprint density at radius 1 is 0.253 bits per heavy atom. The van der Waals surface area contributed by atoms with Crippen molar-refractivity contribution in [3.05, 3.63) is 121 Å². The van der Waals surface area contributed by atoms with Gasteiger partial charge in [-0.1, -0.05) is 60.7 Å². The van der Waals surface area contributed by atoms with E-state index in [1.807, 2.05) is 76.7 Å². The van der Waals surface area contributed by atoms with E-state index in [1.54, 1.807) is 28.4 Å². The molecule has 0 fully saturated rings. The molecule has 0 aliphatic carbocycles. The molecule has 91 heavy (non-hydrogen) atoms. The lowest BCUT2D eigenvalue weighted by Gasteiger charge is -2.26. The van der Waals surface area contributed by atoms with Crippen molar-refractivity contribution < 1.29 is 85.3 Å². The molecule has 0 radical (unpaired) electrons. The maximum Gasteiger partial charge on any atom is 0.0780 e. The van der Waals surface area contributed by atoms with Crippen molar-refractivity contribution in [3.8, 4) is 44.5 Å². The Hall–Kier alpha value is -4.76. The van der Waals surface area contributed by atoms with Crippen LogP contribution in [-0.4, -0.2) is 248 Å². The number of ether oxygens (including phenoxy) is 18. The number of nitrogens with zero attached hydrogens (tertiary/aromatic N) is 2. The van der Waals surface area contributed by atoms with Gasteiger partial charge in [-0.3, -0.25) is 9.97 Å². The zero-order valence-corrected chi connectivity index (χ0v) is 55.6. The molecule has 0 spiro atoms. The first-order chi connectivity index (χ1) is 44.7. The molecule has 20 nitrogen and oxygen atoms in total. The smallest absolute Gasteiger partial charge is 0.0780 e. The van der Waals surface area contributed by atoms with Gasteiger partial charge in [-0.15, -0.1) is 0 Å². The summed E-state index contributed by atoms with van der Waals surface area (Å²) in [6, 6.07) is 32.3. The minimum Gasteiger partial charge on any atom is -0.382 e. The fraction of sp³-hybridized carbons (Fsp3) is 0.606. The summed E-state index contributed by atoms with van der Waals surface area (Å²) < 4.78 is 106. The SMILES string of the molecule is COCCOCCOC[C@H](C)OCC(COCC(COCC(CO[C@@H](C)COCCOCCOC)CO[C@@H](C)COCCOCCOC)c1cc(-c2ccc(-c3ccncc3)cc2)cc(-c2ccc(-c3ccncc3)cc2)c1)CO[C@@H](C)COCCOCCOC. The highest BCUT2D eigenvalue weighted by molar-refractivity contribution is 5.77. The van der Waals surface area contributed by atoms with Crippen molar-refractivity contribution in [2.24, 2.45) is 11.8 Å². The quantitative estimate of drug-likeness (QED) is 0.0334. The van der Waals surface area contributed by atoms with Crippen LogP contribution in [0.15, 0.2) is 116 Å². The number of hydrogen-bond acceptors (Lipinski definition) is 20. The normalized spacial score (nSPS) is 13.2. The minimum absolute atomic E-state index is 0.136. The van der Waals surface area contributed by atoms with Gasteiger partial charge in [-0.25, -0.2) is 0 Å². The molecule has 0 saturated heterocycles. The molecule has 0 bridgehead atoms. The van der Waals surface area contributed by atoms with Gasteiger partial charge in [-0.05, 0) is 108 Å². The Morgan fingerprint density at radius 3 is 0.791 bits per heavy atom. The van der Waals surface area contributed by atoms with Crippen LogP contribution in [0.25, 0.3) is 44.5 Å². The highest BCUT2D eigenvalue weighted by Gasteiger charge is 2.22. The number of aromatic nitrogens is 2. The van der Waals surface area contributed by atoms with Crippen LogP contribution in [0.4, 0.5) is 0 Å². The molecule has 5 aromatic rings. The second-order valence-electron chi connectivity index (χ2n) is 22.3. The van der Waals surface area contributed by atoms with E-state index in [1.165, 1.54) is 0 Å². The van der Waals surface area contributed by atoms with Crippen molar-refractivity contribution in [1.82, 2.24) is 9.97 Å². The van der Waals surface area contributed by atoms with Gasteiger partial charge in [0.1, 0.15) is 0 Å². The van der Waals surface area contributed by atoms with Gasteiger partial charge in [-0.2, -0.15) is 0 Å². The van der Waals surface area contributed by atoms with Gasteiger partial charge < -0.3 is 85.3 Å². The van der Waals surface area contributed by atoms with Crippen molar-refractivity contribution in [3.63, 3.8) is 0 Å². The van der Waals surface area contributed by atoms with E-state index in [2.05, 4.69) is 76.7 Å².